The van der Waals surface area contributed by atoms with Crippen LogP contribution in [0.15, 0.2) is 16.5 Å². The number of nitrogens with zero attached hydrogens (tertiary/aromatic N) is 1. The van der Waals surface area contributed by atoms with Crippen molar-refractivity contribution in [3.8, 4) is 0 Å². The first-order valence-electron chi connectivity index (χ1n) is 8.60. The van der Waals surface area contributed by atoms with Crippen molar-refractivity contribution in [1.82, 2.24) is 10.2 Å². The first-order chi connectivity index (χ1) is 10.1. The quantitative estimate of drug-likeness (QED) is 0.891. The highest BCUT2D eigenvalue weighted by Crippen LogP contribution is 2.37. The molecule has 0 amide bonds. The predicted molar refractivity (Wildman–Crippen MR) is 86.4 cm³/mol. The zero-order valence-electron chi connectivity index (χ0n) is 13.8. The number of hydrogen-bond acceptors (Lipinski definition) is 3. The molecule has 2 aliphatic rings. The number of hydrogen-bond donors (Lipinski definition) is 1. The highest BCUT2D eigenvalue weighted by molar-refractivity contribution is 5.11. The minimum Gasteiger partial charge on any atom is -0.465 e. The second-order valence-corrected chi connectivity index (χ2v) is 7.55. The summed E-state index contributed by atoms with van der Waals surface area (Å²) in [5, 5.41) is 3.85. The first-order valence-corrected chi connectivity index (χ1v) is 8.60. The van der Waals surface area contributed by atoms with Gasteiger partial charge in [0.05, 0.1) is 6.04 Å². The maximum absolute atomic E-state index is 5.94. The van der Waals surface area contributed by atoms with E-state index in [4.69, 9.17) is 4.42 Å². The van der Waals surface area contributed by atoms with E-state index in [0.717, 1.165) is 18.1 Å². The third kappa shape index (κ3) is 3.35. The van der Waals surface area contributed by atoms with E-state index in [1.165, 1.54) is 45.2 Å². The zero-order valence-corrected chi connectivity index (χ0v) is 13.8. The Kier molecular flexibility index (Phi) is 4.41. The molecule has 1 aromatic heterocycles. The minimum atomic E-state index is 0.401. The Morgan fingerprint density at radius 3 is 2.62 bits per heavy atom. The molecular formula is C18H30N2O. The molecule has 2 fully saturated rings. The van der Waals surface area contributed by atoms with E-state index in [-0.39, 0.29) is 0 Å². The first kappa shape index (κ1) is 15.1. The molecule has 3 heteroatoms. The summed E-state index contributed by atoms with van der Waals surface area (Å²) < 4.78 is 5.94. The Hall–Kier alpha value is -0.800. The third-order valence-corrected chi connectivity index (χ3v) is 5.49. The number of furan rings is 1. The van der Waals surface area contributed by atoms with E-state index in [0.29, 0.717) is 17.5 Å². The average Bonchev–Trinajstić information content (AvgIpc) is 3.13. The molecule has 0 aromatic carbocycles. The maximum atomic E-state index is 5.94. The monoisotopic (exact) mass is 290 g/mol. The lowest BCUT2D eigenvalue weighted by atomic mass is 9.87. The molecule has 3 nitrogen and oxygen atoms in total. The lowest BCUT2D eigenvalue weighted by Crippen LogP contribution is -2.43. The van der Waals surface area contributed by atoms with Crippen LogP contribution < -0.4 is 5.32 Å². The van der Waals surface area contributed by atoms with Gasteiger partial charge in [-0.3, -0.25) is 4.90 Å². The van der Waals surface area contributed by atoms with Crippen LogP contribution in [0.3, 0.4) is 0 Å². The fraction of sp³-hybridized carbons (Fsp3) is 0.778. The van der Waals surface area contributed by atoms with E-state index < -0.39 is 0 Å². The molecule has 0 spiro atoms. The van der Waals surface area contributed by atoms with Gasteiger partial charge < -0.3 is 9.73 Å². The van der Waals surface area contributed by atoms with Gasteiger partial charge in [0.15, 0.2) is 0 Å². The predicted octanol–water partition coefficient (Wildman–Crippen LogP) is 3.89. The summed E-state index contributed by atoms with van der Waals surface area (Å²) in [6.45, 7) is 10.3. The number of aryl methyl sites for hydroxylation is 1. The van der Waals surface area contributed by atoms with E-state index in [1.807, 2.05) is 6.92 Å². The molecule has 1 saturated heterocycles. The van der Waals surface area contributed by atoms with Gasteiger partial charge >= 0.3 is 0 Å². The molecule has 1 aliphatic heterocycles. The summed E-state index contributed by atoms with van der Waals surface area (Å²) in [6, 6.07) is 5.31. The Morgan fingerprint density at radius 2 is 2.05 bits per heavy atom. The van der Waals surface area contributed by atoms with Crippen LogP contribution in [0.5, 0.6) is 0 Å². The van der Waals surface area contributed by atoms with Crippen LogP contribution in [0.4, 0.5) is 0 Å². The van der Waals surface area contributed by atoms with Crippen molar-refractivity contribution in [3.63, 3.8) is 0 Å². The van der Waals surface area contributed by atoms with Gasteiger partial charge in [-0.05, 0) is 63.2 Å². The highest BCUT2D eigenvalue weighted by Gasteiger charge is 2.35. The van der Waals surface area contributed by atoms with Gasteiger partial charge in [0.25, 0.3) is 0 Å². The van der Waals surface area contributed by atoms with Crippen molar-refractivity contribution in [1.29, 1.82) is 0 Å². The Labute approximate surface area is 129 Å². The molecule has 118 valence electrons. The standard InChI is InChI=1S/C18H30N2O/c1-14-8-9-16(21-14)15(20-11-4-5-12-20)13-19-17-7-6-10-18(17,2)3/h8-9,15,17,19H,4-7,10-13H2,1-3H3/t15-,17+/m0/s1. The fourth-order valence-electron chi connectivity index (χ4n) is 4.05. The number of nitrogens with one attached hydrogen (secondary N) is 1. The smallest absolute Gasteiger partial charge is 0.122 e. The second kappa shape index (κ2) is 6.13. The summed E-state index contributed by atoms with van der Waals surface area (Å²) in [4.78, 5) is 2.59. The van der Waals surface area contributed by atoms with Crippen LogP contribution in [0, 0.1) is 12.3 Å². The van der Waals surface area contributed by atoms with Crippen molar-refractivity contribution in [2.24, 2.45) is 5.41 Å². The molecule has 0 radical (unpaired) electrons. The maximum Gasteiger partial charge on any atom is 0.122 e. The SMILES string of the molecule is Cc1ccc([C@H](CN[C@@H]2CCCC2(C)C)N2CCCC2)o1. The van der Waals surface area contributed by atoms with Crippen molar-refractivity contribution in [2.45, 2.75) is 65.0 Å². The fourth-order valence-corrected chi connectivity index (χ4v) is 4.05. The molecule has 0 bridgehead atoms. The summed E-state index contributed by atoms with van der Waals surface area (Å²) in [5.74, 6) is 2.16. The number of rotatable bonds is 5. The van der Waals surface area contributed by atoms with Gasteiger partial charge in [-0.1, -0.05) is 20.3 Å². The Morgan fingerprint density at radius 1 is 1.29 bits per heavy atom. The molecule has 1 aliphatic carbocycles. The number of likely N-dealkylation sites (tertiary alicyclic amines) is 1. The van der Waals surface area contributed by atoms with Crippen molar-refractivity contribution in [2.75, 3.05) is 19.6 Å². The van der Waals surface area contributed by atoms with Crippen LogP contribution in [0.2, 0.25) is 0 Å². The molecule has 3 rings (SSSR count). The molecule has 1 N–H and O–H groups in total. The zero-order chi connectivity index (χ0) is 14.9. The summed E-state index contributed by atoms with van der Waals surface area (Å²) >= 11 is 0. The van der Waals surface area contributed by atoms with Gasteiger partial charge in [0.1, 0.15) is 11.5 Å². The van der Waals surface area contributed by atoms with Gasteiger partial charge in [-0.25, -0.2) is 0 Å². The largest absolute Gasteiger partial charge is 0.465 e. The van der Waals surface area contributed by atoms with Crippen LogP contribution >= 0.6 is 0 Å². The van der Waals surface area contributed by atoms with E-state index in [2.05, 4.69) is 36.2 Å². The molecule has 2 heterocycles. The average molecular weight is 290 g/mol. The highest BCUT2D eigenvalue weighted by atomic mass is 16.3. The second-order valence-electron chi connectivity index (χ2n) is 7.55. The normalized spacial score (nSPS) is 27.3. The lowest BCUT2D eigenvalue weighted by Gasteiger charge is -2.32. The van der Waals surface area contributed by atoms with Gasteiger partial charge in [-0.15, -0.1) is 0 Å². The Balaban J connectivity index is 1.67. The minimum absolute atomic E-state index is 0.401. The molecule has 2 atom stereocenters. The van der Waals surface area contributed by atoms with Crippen molar-refractivity contribution in [3.05, 3.63) is 23.7 Å². The van der Waals surface area contributed by atoms with E-state index in [1.54, 1.807) is 0 Å². The van der Waals surface area contributed by atoms with Crippen LogP contribution in [0.25, 0.3) is 0 Å². The summed E-state index contributed by atoms with van der Waals surface area (Å²) in [5.41, 5.74) is 0.439. The topological polar surface area (TPSA) is 28.4 Å². The van der Waals surface area contributed by atoms with Crippen molar-refractivity contribution < 1.29 is 4.42 Å². The van der Waals surface area contributed by atoms with E-state index >= 15 is 0 Å². The molecule has 1 aromatic rings. The van der Waals surface area contributed by atoms with Gasteiger partial charge in [0.2, 0.25) is 0 Å². The van der Waals surface area contributed by atoms with Crippen LogP contribution in [-0.4, -0.2) is 30.6 Å². The van der Waals surface area contributed by atoms with E-state index in [9.17, 15) is 0 Å². The molecular weight excluding hydrogens is 260 g/mol. The third-order valence-electron chi connectivity index (χ3n) is 5.49. The van der Waals surface area contributed by atoms with Crippen LogP contribution in [-0.2, 0) is 0 Å². The van der Waals surface area contributed by atoms with Gasteiger partial charge in [0, 0.05) is 12.6 Å². The molecule has 1 saturated carbocycles. The summed E-state index contributed by atoms with van der Waals surface area (Å²) in [6.07, 6.45) is 6.67. The molecule has 21 heavy (non-hydrogen) atoms. The van der Waals surface area contributed by atoms with Crippen molar-refractivity contribution >= 4 is 0 Å². The van der Waals surface area contributed by atoms with Crippen LogP contribution in [0.1, 0.15) is 63.5 Å². The lowest BCUT2D eigenvalue weighted by molar-refractivity contribution is 0.187. The Bertz CT molecular complexity index is 460. The summed E-state index contributed by atoms with van der Waals surface area (Å²) in [7, 11) is 0. The van der Waals surface area contributed by atoms with Gasteiger partial charge in [-0.2, -0.15) is 0 Å². The molecule has 0 unspecified atom stereocenters.